The summed E-state index contributed by atoms with van der Waals surface area (Å²) >= 11 is 0. The molecule has 0 spiro atoms. The van der Waals surface area contributed by atoms with E-state index in [1.54, 1.807) is 38.1 Å². The number of nitrogens with one attached hydrogen (secondary N) is 1. The third-order valence-electron chi connectivity index (χ3n) is 2.37. The van der Waals surface area contributed by atoms with Crippen LogP contribution in [0.15, 0.2) is 34.6 Å². The topological polar surface area (TPSA) is 115 Å². The number of nitrogens with zero attached hydrogens (tertiary/aromatic N) is 2. The van der Waals surface area contributed by atoms with Crippen LogP contribution in [0.4, 0.5) is 4.79 Å². The second-order valence-electron chi connectivity index (χ2n) is 4.41. The number of nitrogens with two attached hydrogens (primary N) is 1. The van der Waals surface area contributed by atoms with Crippen LogP contribution in [0.2, 0.25) is 0 Å². The van der Waals surface area contributed by atoms with Crippen LogP contribution in [0.25, 0.3) is 0 Å². The largest absolute Gasteiger partial charge is 0.398 e. The van der Waals surface area contributed by atoms with Gasteiger partial charge in [-0.1, -0.05) is 34.6 Å². The minimum atomic E-state index is -0.978. The molecule has 22 heavy (non-hydrogen) atoms. The van der Waals surface area contributed by atoms with Crippen LogP contribution in [-0.4, -0.2) is 30.5 Å². The number of imide groups is 1. The fraction of sp³-hybridized carbons (Fsp3) is 0.286. The quantitative estimate of drug-likeness (QED) is 0.605. The average molecular weight is 306 g/mol. The maximum atomic E-state index is 12.0. The van der Waals surface area contributed by atoms with Crippen LogP contribution >= 0.6 is 0 Å². The molecule has 118 valence electrons. The van der Waals surface area contributed by atoms with Crippen molar-refractivity contribution in [2.75, 3.05) is 7.11 Å². The molecule has 0 bridgehead atoms. The molecule has 8 nitrogen and oxygen atoms in total. The zero-order chi connectivity index (χ0) is 16.5. The Morgan fingerprint density at radius 1 is 1.23 bits per heavy atom. The normalized spacial score (nSPS) is 10.6. The highest BCUT2D eigenvalue weighted by atomic mass is 16.6. The van der Waals surface area contributed by atoms with Crippen molar-refractivity contribution in [3.05, 3.63) is 35.4 Å². The number of primary amides is 1. The lowest BCUT2D eigenvalue weighted by Crippen LogP contribution is -2.40. The molecule has 0 aliphatic heterocycles. The Morgan fingerprint density at radius 2 is 1.91 bits per heavy atom. The highest BCUT2D eigenvalue weighted by Gasteiger charge is 2.19. The molecule has 0 atom stereocenters. The Hall–Kier alpha value is -2.90. The van der Waals surface area contributed by atoms with Gasteiger partial charge in [-0.3, -0.25) is 10.1 Å². The molecule has 1 rings (SSSR count). The molecule has 3 N–H and O–H groups in total. The lowest BCUT2D eigenvalue weighted by Gasteiger charge is -2.10. The van der Waals surface area contributed by atoms with Crippen molar-refractivity contribution < 1.29 is 19.3 Å². The van der Waals surface area contributed by atoms with Crippen molar-refractivity contribution in [2.45, 2.75) is 20.5 Å². The number of urea groups is 1. The lowest BCUT2D eigenvalue weighted by atomic mass is 10.0. The van der Waals surface area contributed by atoms with Gasteiger partial charge in [0.05, 0.1) is 5.71 Å². The van der Waals surface area contributed by atoms with Crippen LogP contribution in [0.5, 0.6) is 0 Å². The van der Waals surface area contributed by atoms with Gasteiger partial charge in [0.1, 0.15) is 13.7 Å². The zero-order valence-electron chi connectivity index (χ0n) is 12.6. The predicted molar refractivity (Wildman–Crippen MR) is 81.3 cm³/mol. The summed E-state index contributed by atoms with van der Waals surface area (Å²) in [6, 6.07) is 5.92. The molecular formula is C14H18N4O4. The van der Waals surface area contributed by atoms with E-state index in [1.807, 2.05) is 5.32 Å². The Balaban J connectivity index is 3.10. The summed E-state index contributed by atoms with van der Waals surface area (Å²) < 4.78 is 0. The summed E-state index contributed by atoms with van der Waals surface area (Å²) in [5, 5.41) is 9.44. The van der Waals surface area contributed by atoms with E-state index < -0.39 is 11.9 Å². The van der Waals surface area contributed by atoms with Crippen LogP contribution in [-0.2, 0) is 21.1 Å². The SMILES string of the molecule is CO/N=C(/C(=O)NC(N)=O)c1ccccc1CON=C(C)C. The van der Waals surface area contributed by atoms with Gasteiger partial charge in [-0.2, -0.15) is 0 Å². The molecule has 8 heteroatoms. The summed E-state index contributed by atoms with van der Waals surface area (Å²) in [5.41, 5.74) is 6.73. The predicted octanol–water partition coefficient (Wildman–Crippen LogP) is 1.14. The highest BCUT2D eigenvalue weighted by Crippen LogP contribution is 2.12. The van der Waals surface area contributed by atoms with Crippen molar-refractivity contribution in [2.24, 2.45) is 16.0 Å². The molecule has 0 aliphatic carbocycles. The first-order chi connectivity index (χ1) is 10.5. The minimum Gasteiger partial charge on any atom is -0.398 e. The summed E-state index contributed by atoms with van der Waals surface area (Å²) in [4.78, 5) is 32.7. The molecule has 3 amide bonds. The molecule has 1 aromatic carbocycles. The highest BCUT2D eigenvalue weighted by molar-refractivity contribution is 6.47. The zero-order valence-corrected chi connectivity index (χ0v) is 12.6. The number of amides is 3. The Bertz CT molecular complexity index is 607. The van der Waals surface area contributed by atoms with Gasteiger partial charge in [0.15, 0.2) is 5.71 Å². The van der Waals surface area contributed by atoms with Gasteiger partial charge in [0, 0.05) is 11.1 Å². The van der Waals surface area contributed by atoms with E-state index in [4.69, 9.17) is 10.6 Å². The van der Waals surface area contributed by atoms with Crippen LogP contribution < -0.4 is 11.1 Å². The molecule has 0 unspecified atom stereocenters. The molecular weight excluding hydrogens is 288 g/mol. The van der Waals surface area contributed by atoms with E-state index in [9.17, 15) is 9.59 Å². The summed E-state index contributed by atoms with van der Waals surface area (Å²) in [6.07, 6.45) is 0. The van der Waals surface area contributed by atoms with Gasteiger partial charge < -0.3 is 15.4 Å². The number of oxime groups is 2. The maximum absolute atomic E-state index is 12.0. The molecule has 0 aliphatic rings. The van der Waals surface area contributed by atoms with Gasteiger partial charge in [-0.15, -0.1) is 0 Å². The number of rotatable bonds is 6. The summed E-state index contributed by atoms with van der Waals surface area (Å²) in [7, 11) is 1.29. The van der Waals surface area contributed by atoms with Crippen LogP contribution in [0.3, 0.4) is 0 Å². The first kappa shape index (κ1) is 17.2. The number of carbonyl (C=O) groups excluding carboxylic acids is 2. The van der Waals surface area contributed by atoms with Gasteiger partial charge in [0.25, 0.3) is 5.91 Å². The maximum Gasteiger partial charge on any atom is 0.319 e. The van der Waals surface area contributed by atoms with E-state index >= 15 is 0 Å². The molecule has 0 saturated carbocycles. The minimum absolute atomic E-state index is 0.0855. The van der Waals surface area contributed by atoms with E-state index in [0.717, 1.165) is 5.71 Å². The fourth-order valence-electron chi connectivity index (χ4n) is 1.58. The van der Waals surface area contributed by atoms with Crippen LogP contribution in [0.1, 0.15) is 25.0 Å². The lowest BCUT2D eigenvalue weighted by molar-refractivity contribution is -0.113. The monoisotopic (exact) mass is 306 g/mol. The fourth-order valence-corrected chi connectivity index (χ4v) is 1.58. The third-order valence-corrected chi connectivity index (χ3v) is 2.37. The molecule has 0 heterocycles. The molecule has 0 saturated heterocycles. The van der Waals surface area contributed by atoms with Gasteiger partial charge >= 0.3 is 6.03 Å². The second-order valence-corrected chi connectivity index (χ2v) is 4.41. The van der Waals surface area contributed by atoms with Gasteiger partial charge in [0.2, 0.25) is 0 Å². The van der Waals surface area contributed by atoms with E-state index in [0.29, 0.717) is 11.1 Å². The first-order valence-corrected chi connectivity index (χ1v) is 6.39. The summed E-state index contributed by atoms with van der Waals surface area (Å²) in [6.45, 7) is 3.72. The number of hydrogen-bond acceptors (Lipinski definition) is 6. The van der Waals surface area contributed by atoms with E-state index in [2.05, 4.69) is 15.1 Å². The summed E-state index contributed by atoms with van der Waals surface area (Å²) in [5.74, 6) is -0.767. The van der Waals surface area contributed by atoms with Crippen molar-refractivity contribution in [3.63, 3.8) is 0 Å². The number of benzene rings is 1. The Morgan fingerprint density at radius 3 is 2.50 bits per heavy atom. The van der Waals surface area contributed by atoms with Crippen molar-refractivity contribution in [1.29, 1.82) is 0 Å². The molecule has 0 aromatic heterocycles. The van der Waals surface area contributed by atoms with E-state index in [-0.39, 0.29) is 12.3 Å². The first-order valence-electron chi connectivity index (χ1n) is 6.39. The number of hydrogen-bond donors (Lipinski definition) is 2. The average Bonchev–Trinajstić information content (AvgIpc) is 2.44. The molecule has 0 radical (unpaired) electrons. The molecule has 1 aromatic rings. The van der Waals surface area contributed by atoms with Crippen molar-refractivity contribution >= 4 is 23.4 Å². The smallest absolute Gasteiger partial charge is 0.319 e. The molecule has 0 fully saturated rings. The van der Waals surface area contributed by atoms with E-state index in [1.165, 1.54) is 7.11 Å². The second kappa shape index (κ2) is 8.40. The Labute approximate surface area is 127 Å². The standard InChI is InChI=1S/C14H18N4O4/c1-9(2)17-22-8-10-6-4-5-7-11(10)12(18-21-3)13(19)16-14(15)20/h4-7H,8H2,1-3H3,(H3,15,16,19,20)/b18-12+. The number of carbonyl (C=O) groups is 2. The third kappa shape index (κ3) is 5.23. The van der Waals surface area contributed by atoms with Gasteiger partial charge in [-0.25, -0.2) is 4.79 Å². The van der Waals surface area contributed by atoms with Crippen molar-refractivity contribution in [3.8, 4) is 0 Å². The van der Waals surface area contributed by atoms with Crippen molar-refractivity contribution in [1.82, 2.24) is 5.32 Å². The Kier molecular flexibility index (Phi) is 6.55. The van der Waals surface area contributed by atoms with Crippen LogP contribution in [0, 0.1) is 0 Å². The van der Waals surface area contributed by atoms with Gasteiger partial charge in [-0.05, 0) is 13.8 Å².